The second-order valence-electron chi connectivity index (χ2n) is 4.58. The predicted octanol–water partition coefficient (Wildman–Crippen LogP) is -14.0. The van der Waals surface area contributed by atoms with E-state index in [-0.39, 0.29) is 28.5 Å². The molecular weight excluding hydrogens is 539 g/mol. The third-order valence-corrected chi connectivity index (χ3v) is 2.35. The smallest absolute Gasteiger partial charge is 0.547 e. The van der Waals surface area contributed by atoms with E-state index in [1.165, 1.54) is 0 Å². The molecule has 20 heteroatoms. The van der Waals surface area contributed by atoms with E-state index in [1.807, 2.05) is 0 Å². The van der Waals surface area contributed by atoms with Gasteiger partial charge in [0.15, 0.2) is 0 Å². The van der Waals surface area contributed by atoms with Crippen LogP contribution in [0.15, 0.2) is 0 Å². The van der Waals surface area contributed by atoms with Crippen molar-refractivity contribution in [1.82, 2.24) is 6.15 Å². The number of aliphatic carboxylic acids is 6. The van der Waals surface area contributed by atoms with Crippen LogP contribution in [-0.4, -0.2) is 103 Å². The van der Waals surface area contributed by atoms with E-state index < -0.39 is 72.4 Å². The molecule has 0 aromatic heterocycles. The average Bonchev–Trinajstić information content (AvgIpc) is 2.64. The molecule has 32 heavy (non-hydrogen) atoms. The molecule has 0 aliphatic carbocycles. The first-order valence-electron chi connectivity index (χ1n) is 6.73. The number of aliphatic hydroxyl groups excluding tert-OH is 6. The Balaban J connectivity index is -0.000000110. The largest absolute Gasteiger partial charge is 5.00 e. The third kappa shape index (κ3) is 17.0. The van der Waals surface area contributed by atoms with Crippen molar-refractivity contribution in [3.8, 4) is 0 Å². The van der Waals surface area contributed by atoms with Gasteiger partial charge in [0.05, 0.1) is 35.8 Å². The summed E-state index contributed by atoms with van der Waals surface area (Å²) in [6.07, 6.45) is -14.6. The first kappa shape index (κ1) is 39.7. The van der Waals surface area contributed by atoms with E-state index in [0.29, 0.717) is 0 Å². The van der Waals surface area contributed by atoms with Gasteiger partial charge in [0.25, 0.3) is 0 Å². The average molecular weight is 555 g/mol. The van der Waals surface area contributed by atoms with Gasteiger partial charge in [-0.25, -0.2) is 0 Å². The van der Waals surface area contributed by atoms with Crippen LogP contribution in [-0.2, 0) is 51.1 Å². The molecule has 0 saturated carbocycles. The fourth-order valence-corrected chi connectivity index (χ4v) is 0.773. The van der Waals surface area contributed by atoms with Crippen LogP contribution in [0.25, 0.3) is 0 Å². The number of carboxylic acid groups (broad SMARTS) is 6. The van der Waals surface area contributed by atoms with Crippen molar-refractivity contribution in [2.75, 3.05) is 0 Å². The fraction of sp³-hybridized carbons (Fsp3) is 0.500. The van der Waals surface area contributed by atoms with Gasteiger partial charge in [0.2, 0.25) is 0 Å². The number of hydrogen-bond acceptors (Lipinski definition) is 18. The number of hydrogen-bond donors (Lipinski definition) is 7. The quantitative estimate of drug-likeness (QED) is 0.130. The van der Waals surface area contributed by atoms with Crippen molar-refractivity contribution in [3.63, 3.8) is 0 Å². The van der Waals surface area contributed by atoms with Crippen molar-refractivity contribution in [2.45, 2.75) is 36.6 Å². The molecule has 0 saturated heterocycles. The van der Waals surface area contributed by atoms with Crippen molar-refractivity contribution >= 4 is 35.8 Å². The summed E-state index contributed by atoms with van der Waals surface area (Å²) < 4.78 is 0. The molecule has 0 fully saturated rings. The predicted molar refractivity (Wildman–Crippen MR) is 72.1 cm³/mol. The van der Waals surface area contributed by atoms with Crippen LogP contribution in [0.5, 0.6) is 0 Å². The van der Waals surface area contributed by atoms with Gasteiger partial charge < -0.3 is 96.2 Å². The van der Waals surface area contributed by atoms with Gasteiger partial charge in [-0.2, -0.15) is 0 Å². The molecule has 6 unspecified atom stereocenters. The van der Waals surface area contributed by atoms with Crippen molar-refractivity contribution < 1.29 is 112 Å². The molecule has 0 bridgehead atoms. The molecule has 19 nitrogen and oxygen atoms in total. The SMILES string of the molecule is O=C([O-])C(O)C(O)C(=O)[O-].O=C([O-])C(O)C(O)C(=O)[O-].O=C([O-])C(O)C(O)C(=O)[O-].[NH4+].[Nb+5]. The number of carbonyl (C=O) groups excluding carboxylic acids is 6. The fourth-order valence-electron chi connectivity index (χ4n) is 0.773. The first-order valence-corrected chi connectivity index (χ1v) is 6.73. The van der Waals surface area contributed by atoms with Gasteiger partial charge in [-0.3, -0.25) is 0 Å². The Morgan fingerprint density at radius 2 is 0.438 bits per heavy atom. The Bertz CT molecular complexity index is 500. The summed E-state index contributed by atoms with van der Waals surface area (Å²) in [5, 5.41) is 107. The first-order chi connectivity index (χ1) is 13.4. The number of carboxylic acids is 6. The van der Waals surface area contributed by atoms with Crippen LogP contribution >= 0.6 is 0 Å². The minimum absolute atomic E-state index is 0. The zero-order valence-electron chi connectivity index (χ0n) is 15.5. The molecule has 6 atom stereocenters. The van der Waals surface area contributed by atoms with E-state index >= 15 is 0 Å². The molecule has 10 N–H and O–H groups in total. The molecule has 0 aliphatic rings. The van der Waals surface area contributed by atoms with Gasteiger partial charge in [-0.1, -0.05) is 0 Å². The Hall–Kier alpha value is -2.72. The normalized spacial score (nSPS) is 14.8. The van der Waals surface area contributed by atoms with E-state index in [1.54, 1.807) is 0 Å². The van der Waals surface area contributed by atoms with Crippen LogP contribution in [0.1, 0.15) is 0 Å². The van der Waals surface area contributed by atoms with E-state index in [0.717, 1.165) is 0 Å². The van der Waals surface area contributed by atoms with E-state index in [9.17, 15) is 59.4 Å². The van der Waals surface area contributed by atoms with Crippen molar-refractivity contribution in [1.29, 1.82) is 0 Å². The van der Waals surface area contributed by atoms with E-state index in [2.05, 4.69) is 0 Å². The Morgan fingerprint density at radius 3 is 0.469 bits per heavy atom. The Labute approximate surface area is 191 Å². The standard InChI is InChI=1S/3C4H6O6.H3N.Nb/c3*5-1(3(7)8)2(6)4(9)10;;/h3*1-2,5-6H,(H,7,8)(H,9,10);1H3;/q;;;;+5/p-5. The maximum absolute atomic E-state index is 9.63. The number of quaternary nitrogens is 1. The molecule has 0 amide bonds. The van der Waals surface area contributed by atoms with Crippen molar-refractivity contribution in [3.05, 3.63) is 0 Å². The minimum Gasteiger partial charge on any atom is -0.547 e. The Morgan fingerprint density at radius 1 is 0.375 bits per heavy atom. The maximum Gasteiger partial charge on any atom is 5.00 e. The molecule has 0 aliphatic heterocycles. The number of carbonyl (C=O) groups is 6. The number of rotatable bonds is 9. The maximum atomic E-state index is 9.63. The summed E-state index contributed by atoms with van der Waals surface area (Å²) in [6.45, 7) is 0. The zero-order chi connectivity index (χ0) is 24.9. The summed E-state index contributed by atoms with van der Waals surface area (Å²) in [5.41, 5.74) is 0. The van der Waals surface area contributed by atoms with Crippen LogP contribution in [0.2, 0.25) is 0 Å². The van der Waals surface area contributed by atoms with E-state index in [4.69, 9.17) is 30.6 Å². The molecule has 0 rings (SSSR count). The molecular formula is C12H16NNbO18. The van der Waals surface area contributed by atoms with Gasteiger partial charge in [0, 0.05) is 0 Å². The van der Waals surface area contributed by atoms with Crippen LogP contribution < -0.4 is 36.8 Å². The Kier molecular flexibility index (Phi) is 23.6. The van der Waals surface area contributed by atoms with Crippen LogP contribution in [0, 0.1) is 0 Å². The molecule has 0 aromatic carbocycles. The van der Waals surface area contributed by atoms with Gasteiger partial charge in [0.1, 0.15) is 36.6 Å². The molecule has 0 spiro atoms. The third-order valence-electron chi connectivity index (χ3n) is 2.35. The van der Waals surface area contributed by atoms with Gasteiger partial charge >= 0.3 is 22.4 Å². The summed E-state index contributed by atoms with van der Waals surface area (Å²) in [4.78, 5) is 57.8. The second kappa shape index (κ2) is 19.0. The minimum atomic E-state index is -2.44. The van der Waals surface area contributed by atoms with Gasteiger partial charge in [-0.15, -0.1) is 0 Å². The van der Waals surface area contributed by atoms with Crippen LogP contribution in [0.3, 0.4) is 0 Å². The monoisotopic (exact) mass is 555 g/mol. The van der Waals surface area contributed by atoms with Gasteiger partial charge in [-0.05, 0) is 0 Å². The topological polar surface area (TPSA) is 399 Å². The van der Waals surface area contributed by atoms with Crippen LogP contribution in [0.4, 0.5) is 0 Å². The van der Waals surface area contributed by atoms with Crippen molar-refractivity contribution in [2.24, 2.45) is 0 Å². The second-order valence-corrected chi connectivity index (χ2v) is 4.58. The molecule has 182 valence electrons. The summed E-state index contributed by atoms with van der Waals surface area (Å²) in [7, 11) is 0. The molecule has 0 heterocycles. The summed E-state index contributed by atoms with van der Waals surface area (Å²) in [5.74, 6) is -12.4. The molecule has 0 aromatic rings. The summed E-state index contributed by atoms with van der Waals surface area (Å²) in [6, 6.07) is 0. The zero-order valence-corrected chi connectivity index (χ0v) is 17.7. The number of aliphatic hydroxyl groups is 6. The summed E-state index contributed by atoms with van der Waals surface area (Å²) >= 11 is 0. The molecule has 0 radical (unpaired) electrons.